The number of hydrogen-bond donors (Lipinski definition) is 1. The molecule has 100 valence electrons. The van der Waals surface area contributed by atoms with Crippen LogP contribution in [0.15, 0.2) is 24.3 Å². The largest absolute Gasteiger partial charge is 0.491 e. The Hall–Kier alpha value is -0.670. The van der Waals surface area contributed by atoms with E-state index in [2.05, 4.69) is 49.1 Å². The summed E-state index contributed by atoms with van der Waals surface area (Å²) in [4.78, 5) is 0. The lowest BCUT2D eigenvalue weighted by Gasteiger charge is -2.12. The van der Waals surface area contributed by atoms with Crippen molar-refractivity contribution in [3.05, 3.63) is 29.8 Å². The quantitative estimate of drug-likeness (QED) is 0.851. The lowest BCUT2D eigenvalue weighted by Crippen LogP contribution is -2.22. The smallest absolute Gasteiger partial charge is 0.120 e. The number of nitrogens with one attached hydrogen (secondary N) is 1. The normalized spacial score (nSPS) is 19.4. The molecule has 1 aromatic carbocycles. The van der Waals surface area contributed by atoms with Gasteiger partial charge in [-0.05, 0) is 50.1 Å². The average molecular weight is 265 g/mol. The van der Waals surface area contributed by atoms with Gasteiger partial charge in [-0.15, -0.1) is 0 Å². The molecular formula is C15H23NOS. The Morgan fingerprint density at radius 1 is 1.44 bits per heavy atom. The summed E-state index contributed by atoms with van der Waals surface area (Å²) in [6, 6.07) is 8.38. The molecule has 2 nitrogen and oxygen atoms in total. The molecule has 0 bridgehead atoms. The molecule has 0 aromatic heterocycles. The van der Waals surface area contributed by atoms with Crippen molar-refractivity contribution in [3.63, 3.8) is 0 Å². The highest BCUT2D eigenvalue weighted by Crippen LogP contribution is 2.25. The molecule has 0 amide bonds. The zero-order chi connectivity index (χ0) is 12.8. The van der Waals surface area contributed by atoms with Gasteiger partial charge in [-0.1, -0.05) is 12.1 Å². The number of benzene rings is 1. The predicted molar refractivity (Wildman–Crippen MR) is 79.4 cm³/mol. The molecule has 3 heteroatoms. The second kappa shape index (κ2) is 7.05. The van der Waals surface area contributed by atoms with Crippen LogP contribution in [0, 0.1) is 0 Å². The molecule has 0 spiro atoms. The third-order valence-electron chi connectivity index (χ3n) is 3.00. The van der Waals surface area contributed by atoms with Crippen molar-refractivity contribution >= 4 is 11.8 Å². The predicted octanol–water partition coefficient (Wildman–Crippen LogP) is 3.46. The minimum Gasteiger partial charge on any atom is -0.491 e. The highest BCUT2D eigenvalue weighted by Gasteiger charge is 2.14. The fraction of sp³-hybridized carbons (Fsp3) is 0.600. The summed E-state index contributed by atoms with van der Waals surface area (Å²) in [5.74, 6) is 2.31. The van der Waals surface area contributed by atoms with E-state index in [-0.39, 0.29) is 6.10 Å². The van der Waals surface area contributed by atoms with E-state index in [0.717, 1.165) is 24.1 Å². The van der Waals surface area contributed by atoms with Gasteiger partial charge < -0.3 is 10.1 Å². The molecule has 1 unspecified atom stereocenters. The molecule has 1 heterocycles. The Kier molecular flexibility index (Phi) is 5.39. The average Bonchev–Trinajstić information content (AvgIpc) is 2.82. The maximum absolute atomic E-state index is 5.70. The van der Waals surface area contributed by atoms with E-state index in [1.165, 1.54) is 24.2 Å². The first-order chi connectivity index (χ1) is 8.74. The van der Waals surface area contributed by atoms with Gasteiger partial charge in [0.2, 0.25) is 0 Å². The van der Waals surface area contributed by atoms with E-state index in [0.29, 0.717) is 0 Å². The molecule has 1 atom stereocenters. The summed E-state index contributed by atoms with van der Waals surface area (Å²) in [6.07, 6.45) is 2.99. The van der Waals surface area contributed by atoms with Gasteiger partial charge >= 0.3 is 0 Å². The van der Waals surface area contributed by atoms with E-state index < -0.39 is 0 Å². The van der Waals surface area contributed by atoms with Gasteiger partial charge in [0, 0.05) is 18.3 Å². The molecule has 2 rings (SSSR count). The molecule has 18 heavy (non-hydrogen) atoms. The van der Waals surface area contributed by atoms with Gasteiger partial charge in [-0.2, -0.15) is 11.8 Å². The van der Waals surface area contributed by atoms with Crippen molar-refractivity contribution in [2.45, 2.75) is 44.6 Å². The second-order valence-electron chi connectivity index (χ2n) is 5.08. The summed E-state index contributed by atoms with van der Waals surface area (Å²) < 4.78 is 5.70. The zero-order valence-corrected chi connectivity index (χ0v) is 12.1. The van der Waals surface area contributed by atoms with Crippen molar-refractivity contribution in [3.8, 4) is 5.75 Å². The van der Waals surface area contributed by atoms with Gasteiger partial charge in [0.25, 0.3) is 0 Å². The number of thioether (sulfide) groups is 1. The number of ether oxygens (including phenoxy) is 1. The highest BCUT2D eigenvalue weighted by molar-refractivity contribution is 8.00. The highest BCUT2D eigenvalue weighted by atomic mass is 32.2. The van der Waals surface area contributed by atoms with Crippen molar-refractivity contribution in [1.29, 1.82) is 0 Å². The Morgan fingerprint density at radius 2 is 2.33 bits per heavy atom. The van der Waals surface area contributed by atoms with Crippen LogP contribution in [0.25, 0.3) is 0 Å². The maximum atomic E-state index is 5.70. The van der Waals surface area contributed by atoms with Crippen molar-refractivity contribution in [2.24, 2.45) is 0 Å². The van der Waals surface area contributed by atoms with Crippen LogP contribution in [-0.4, -0.2) is 23.7 Å². The third-order valence-corrected chi connectivity index (χ3v) is 4.39. The first-order valence-electron chi connectivity index (χ1n) is 6.82. The second-order valence-corrected chi connectivity index (χ2v) is 6.49. The Balaban J connectivity index is 1.77. The molecule has 1 aromatic rings. The van der Waals surface area contributed by atoms with Crippen LogP contribution in [0.4, 0.5) is 0 Å². The summed E-state index contributed by atoms with van der Waals surface area (Å²) in [7, 11) is 0. The van der Waals surface area contributed by atoms with Crippen LogP contribution in [-0.2, 0) is 6.54 Å². The van der Waals surface area contributed by atoms with Gasteiger partial charge in [-0.25, -0.2) is 0 Å². The van der Waals surface area contributed by atoms with Crippen LogP contribution in [0.5, 0.6) is 5.75 Å². The van der Waals surface area contributed by atoms with Crippen LogP contribution in [0.3, 0.4) is 0 Å². The first-order valence-corrected chi connectivity index (χ1v) is 7.87. The first kappa shape index (κ1) is 13.8. The van der Waals surface area contributed by atoms with Crippen molar-refractivity contribution in [2.75, 3.05) is 12.3 Å². The fourth-order valence-corrected chi connectivity index (χ4v) is 3.42. The van der Waals surface area contributed by atoms with Crippen LogP contribution in [0.1, 0.15) is 32.3 Å². The third kappa shape index (κ3) is 4.54. The lowest BCUT2D eigenvalue weighted by molar-refractivity contribution is 0.242. The molecule has 1 aliphatic rings. The van der Waals surface area contributed by atoms with Crippen molar-refractivity contribution in [1.82, 2.24) is 5.32 Å². The van der Waals surface area contributed by atoms with E-state index >= 15 is 0 Å². The van der Waals surface area contributed by atoms with Crippen molar-refractivity contribution < 1.29 is 4.74 Å². The van der Waals surface area contributed by atoms with E-state index in [4.69, 9.17) is 4.74 Å². The standard InChI is InChI=1S/C15H23NOS/c1-12(2)17-14-6-3-5-13(9-14)10-16-11-15-7-4-8-18-15/h3,5-6,9,12,15-16H,4,7-8,10-11H2,1-2H3. The summed E-state index contributed by atoms with van der Waals surface area (Å²) in [5.41, 5.74) is 1.30. The van der Waals surface area contributed by atoms with Gasteiger partial charge in [0.05, 0.1) is 6.10 Å². The maximum Gasteiger partial charge on any atom is 0.120 e. The minimum atomic E-state index is 0.239. The zero-order valence-electron chi connectivity index (χ0n) is 11.3. The molecule has 1 N–H and O–H groups in total. The summed E-state index contributed by atoms with van der Waals surface area (Å²) in [6.45, 7) is 6.18. The SMILES string of the molecule is CC(C)Oc1cccc(CNCC2CCCS2)c1. The van der Waals surface area contributed by atoms with Crippen LogP contribution >= 0.6 is 11.8 Å². The number of hydrogen-bond acceptors (Lipinski definition) is 3. The molecule has 1 saturated heterocycles. The Labute approximate surface area is 114 Å². The van der Waals surface area contributed by atoms with Gasteiger partial charge in [0.1, 0.15) is 5.75 Å². The van der Waals surface area contributed by atoms with Crippen LogP contribution in [0.2, 0.25) is 0 Å². The summed E-state index contributed by atoms with van der Waals surface area (Å²) >= 11 is 2.10. The van der Waals surface area contributed by atoms with Gasteiger partial charge in [-0.3, -0.25) is 0 Å². The molecule has 0 saturated carbocycles. The Bertz CT molecular complexity index is 361. The molecule has 1 aliphatic heterocycles. The van der Waals surface area contributed by atoms with E-state index in [9.17, 15) is 0 Å². The molecule has 0 aliphatic carbocycles. The minimum absolute atomic E-state index is 0.239. The summed E-state index contributed by atoms with van der Waals surface area (Å²) in [5, 5.41) is 4.37. The monoisotopic (exact) mass is 265 g/mol. The van der Waals surface area contributed by atoms with Crippen LogP contribution < -0.4 is 10.1 Å². The fourth-order valence-electron chi connectivity index (χ4n) is 2.18. The number of rotatable bonds is 6. The van der Waals surface area contributed by atoms with Gasteiger partial charge in [0.15, 0.2) is 0 Å². The topological polar surface area (TPSA) is 21.3 Å². The Morgan fingerprint density at radius 3 is 3.06 bits per heavy atom. The molecule has 0 radical (unpaired) electrons. The lowest BCUT2D eigenvalue weighted by atomic mass is 10.2. The van der Waals surface area contributed by atoms with E-state index in [1.54, 1.807) is 0 Å². The van der Waals surface area contributed by atoms with E-state index in [1.807, 2.05) is 6.07 Å². The molecule has 1 fully saturated rings. The molecular weight excluding hydrogens is 242 g/mol.